The summed E-state index contributed by atoms with van der Waals surface area (Å²) in [5.41, 5.74) is -0.397. The molecule has 0 spiro atoms. The number of piperidine rings is 1. The van der Waals surface area contributed by atoms with Crippen molar-refractivity contribution in [1.29, 1.82) is 0 Å². The molecular weight excluding hydrogens is 268 g/mol. The van der Waals surface area contributed by atoms with E-state index in [1.807, 2.05) is 31.2 Å². The van der Waals surface area contributed by atoms with Crippen LogP contribution in [0, 0.1) is 0 Å². The molecule has 0 saturated carbocycles. The molecule has 110 valence electrons. The zero-order valence-electron chi connectivity index (χ0n) is 11.9. The first-order valence-electron chi connectivity index (χ1n) is 7.06. The molecule has 21 heavy (non-hydrogen) atoms. The van der Waals surface area contributed by atoms with Crippen LogP contribution in [0.15, 0.2) is 30.5 Å². The van der Waals surface area contributed by atoms with Gasteiger partial charge in [-0.2, -0.15) is 0 Å². The monoisotopic (exact) mass is 286 g/mol. The van der Waals surface area contributed by atoms with Crippen molar-refractivity contribution in [2.24, 2.45) is 0 Å². The molecule has 0 atom stereocenters. The molecule has 0 bridgehead atoms. The Kier molecular flexibility index (Phi) is 3.29. The molecule has 0 amide bonds. The highest BCUT2D eigenvalue weighted by Crippen LogP contribution is 2.31. The fourth-order valence-corrected chi connectivity index (χ4v) is 2.80. The first-order valence-corrected chi connectivity index (χ1v) is 7.06. The van der Waals surface area contributed by atoms with Gasteiger partial charge in [0, 0.05) is 30.1 Å². The number of pyridine rings is 1. The van der Waals surface area contributed by atoms with E-state index in [2.05, 4.69) is 9.88 Å². The van der Waals surface area contributed by atoms with Crippen molar-refractivity contribution < 1.29 is 15.0 Å². The normalized spacial score (nSPS) is 17.9. The molecule has 1 aromatic heterocycles. The van der Waals surface area contributed by atoms with Crippen LogP contribution in [0.5, 0.6) is 0 Å². The summed E-state index contributed by atoms with van der Waals surface area (Å²) in [5, 5.41) is 20.9. The van der Waals surface area contributed by atoms with Crippen molar-refractivity contribution in [2.75, 3.05) is 18.0 Å². The third-order valence-electron chi connectivity index (χ3n) is 4.14. The lowest BCUT2D eigenvalue weighted by Crippen LogP contribution is -2.42. The van der Waals surface area contributed by atoms with Gasteiger partial charge in [-0.05, 0) is 19.8 Å². The van der Waals surface area contributed by atoms with Gasteiger partial charge < -0.3 is 15.1 Å². The van der Waals surface area contributed by atoms with Crippen LogP contribution in [0.2, 0.25) is 0 Å². The molecule has 5 heteroatoms. The average molecular weight is 286 g/mol. The van der Waals surface area contributed by atoms with Crippen LogP contribution in [-0.4, -0.2) is 39.9 Å². The van der Waals surface area contributed by atoms with Gasteiger partial charge in [-0.15, -0.1) is 0 Å². The highest BCUT2D eigenvalue weighted by atomic mass is 16.4. The fourth-order valence-electron chi connectivity index (χ4n) is 2.80. The number of aliphatic hydroxyl groups is 1. The van der Waals surface area contributed by atoms with E-state index < -0.39 is 11.6 Å². The summed E-state index contributed by atoms with van der Waals surface area (Å²) in [4.78, 5) is 17.8. The van der Waals surface area contributed by atoms with Crippen molar-refractivity contribution >= 4 is 22.6 Å². The highest BCUT2D eigenvalue weighted by Gasteiger charge is 2.28. The van der Waals surface area contributed by atoms with Crippen molar-refractivity contribution in [2.45, 2.75) is 25.4 Å². The predicted octanol–water partition coefficient (Wildman–Crippen LogP) is 2.28. The van der Waals surface area contributed by atoms with Gasteiger partial charge in [0.25, 0.3) is 0 Å². The first kappa shape index (κ1) is 13.8. The number of hydrogen-bond donors (Lipinski definition) is 2. The third kappa shape index (κ3) is 2.56. The van der Waals surface area contributed by atoms with Gasteiger partial charge >= 0.3 is 5.97 Å². The molecule has 0 unspecified atom stereocenters. The minimum atomic E-state index is -0.966. The summed E-state index contributed by atoms with van der Waals surface area (Å²) < 4.78 is 0. The zero-order chi connectivity index (χ0) is 15.0. The maximum Gasteiger partial charge on any atom is 0.337 e. The van der Waals surface area contributed by atoms with Crippen molar-refractivity contribution in [1.82, 2.24) is 4.98 Å². The van der Waals surface area contributed by atoms with Gasteiger partial charge in [-0.1, -0.05) is 24.3 Å². The second-order valence-electron chi connectivity index (χ2n) is 5.83. The van der Waals surface area contributed by atoms with Crippen LogP contribution in [0.1, 0.15) is 30.1 Å². The standard InChI is InChI=1S/C16H18N2O3/c1-16(21)6-8-18(9-7-16)14-12-5-3-2-4-11(12)13(10-17-14)15(19)20/h2-5,10,21H,6-9H2,1H3,(H,19,20). The van der Waals surface area contributed by atoms with Crippen molar-refractivity contribution in [3.63, 3.8) is 0 Å². The number of carboxylic acid groups (broad SMARTS) is 1. The second kappa shape index (κ2) is 5.00. The number of aromatic carboxylic acids is 1. The highest BCUT2D eigenvalue weighted by molar-refractivity contribution is 6.06. The van der Waals surface area contributed by atoms with Gasteiger partial charge in [0.15, 0.2) is 0 Å². The predicted molar refractivity (Wildman–Crippen MR) is 80.8 cm³/mol. The number of benzene rings is 1. The van der Waals surface area contributed by atoms with Crippen LogP contribution < -0.4 is 4.90 Å². The number of anilines is 1. The Labute approximate surface area is 122 Å². The molecule has 0 aliphatic carbocycles. The molecule has 1 aliphatic heterocycles. The van der Waals surface area contributed by atoms with E-state index in [4.69, 9.17) is 0 Å². The van der Waals surface area contributed by atoms with E-state index in [0.717, 1.165) is 24.3 Å². The minimum absolute atomic E-state index is 0.221. The first-order chi connectivity index (χ1) is 9.98. The lowest BCUT2D eigenvalue weighted by molar-refractivity contribution is 0.0350. The van der Waals surface area contributed by atoms with Crippen LogP contribution in [-0.2, 0) is 0 Å². The van der Waals surface area contributed by atoms with E-state index in [1.165, 1.54) is 6.20 Å². The number of fused-ring (bicyclic) bond motifs is 1. The van der Waals surface area contributed by atoms with Gasteiger partial charge in [0.05, 0.1) is 11.2 Å². The molecule has 5 nitrogen and oxygen atoms in total. The lowest BCUT2D eigenvalue weighted by Gasteiger charge is -2.36. The minimum Gasteiger partial charge on any atom is -0.478 e. The SMILES string of the molecule is CC1(O)CCN(c2ncc(C(=O)O)c3ccccc23)CC1. The molecule has 1 aliphatic rings. The number of aromatic nitrogens is 1. The fraction of sp³-hybridized carbons (Fsp3) is 0.375. The molecule has 2 heterocycles. The molecule has 2 aromatic rings. The smallest absolute Gasteiger partial charge is 0.337 e. The largest absolute Gasteiger partial charge is 0.478 e. The Morgan fingerprint density at radius 1 is 1.24 bits per heavy atom. The summed E-state index contributed by atoms with van der Waals surface area (Å²) in [7, 11) is 0. The number of rotatable bonds is 2. The Morgan fingerprint density at radius 2 is 1.86 bits per heavy atom. The van der Waals surface area contributed by atoms with E-state index in [9.17, 15) is 15.0 Å². The van der Waals surface area contributed by atoms with Crippen molar-refractivity contribution in [3.05, 3.63) is 36.0 Å². The van der Waals surface area contributed by atoms with Gasteiger partial charge in [-0.25, -0.2) is 9.78 Å². The number of carbonyl (C=O) groups is 1. The maximum atomic E-state index is 11.3. The van der Waals surface area contributed by atoms with E-state index in [0.29, 0.717) is 18.2 Å². The van der Waals surface area contributed by atoms with Crippen LogP contribution in [0.3, 0.4) is 0 Å². The average Bonchev–Trinajstić information content (AvgIpc) is 2.46. The molecular formula is C16H18N2O3. The lowest BCUT2D eigenvalue weighted by atomic mass is 9.93. The third-order valence-corrected chi connectivity index (χ3v) is 4.14. The van der Waals surface area contributed by atoms with Crippen LogP contribution >= 0.6 is 0 Å². The van der Waals surface area contributed by atoms with Crippen LogP contribution in [0.4, 0.5) is 5.82 Å². The number of hydrogen-bond acceptors (Lipinski definition) is 4. The Balaban J connectivity index is 2.05. The summed E-state index contributed by atoms with van der Waals surface area (Å²) in [6.45, 7) is 3.29. The molecule has 2 N–H and O–H groups in total. The quantitative estimate of drug-likeness (QED) is 0.886. The molecule has 1 aromatic carbocycles. The van der Waals surface area contributed by atoms with Gasteiger partial charge in [0.2, 0.25) is 0 Å². The Hall–Kier alpha value is -2.14. The van der Waals surface area contributed by atoms with E-state index in [1.54, 1.807) is 0 Å². The maximum absolute atomic E-state index is 11.3. The summed E-state index contributed by atoms with van der Waals surface area (Å²) in [6, 6.07) is 7.43. The Bertz CT molecular complexity index is 687. The van der Waals surface area contributed by atoms with Crippen molar-refractivity contribution in [3.8, 4) is 0 Å². The number of carboxylic acids is 1. The van der Waals surface area contributed by atoms with E-state index >= 15 is 0 Å². The molecule has 1 saturated heterocycles. The molecule has 0 radical (unpaired) electrons. The summed E-state index contributed by atoms with van der Waals surface area (Å²) in [6.07, 6.45) is 2.79. The second-order valence-corrected chi connectivity index (χ2v) is 5.83. The summed E-state index contributed by atoms with van der Waals surface area (Å²) in [5.74, 6) is -0.169. The van der Waals surface area contributed by atoms with Gasteiger partial charge in [0.1, 0.15) is 5.82 Å². The topological polar surface area (TPSA) is 73.7 Å². The molecule has 3 rings (SSSR count). The zero-order valence-corrected chi connectivity index (χ0v) is 11.9. The Morgan fingerprint density at radius 3 is 2.48 bits per heavy atom. The summed E-state index contributed by atoms with van der Waals surface area (Å²) >= 11 is 0. The van der Waals surface area contributed by atoms with Crippen LogP contribution in [0.25, 0.3) is 10.8 Å². The van der Waals surface area contributed by atoms with Gasteiger partial charge in [-0.3, -0.25) is 0 Å². The van der Waals surface area contributed by atoms with E-state index in [-0.39, 0.29) is 5.56 Å². The number of nitrogens with zero attached hydrogens (tertiary/aromatic N) is 2. The molecule has 1 fully saturated rings.